The summed E-state index contributed by atoms with van der Waals surface area (Å²) in [5, 5.41) is 3.76. The first-order valence-corrected chi connectivity index (χ1v) is 10.9. The van der Waals surface area contributed by atoms with E-state index in [1.165, 1.54) is 22.3 Å². The smallest absolute Gasteiger partial charge is 0.119 e. The number of ether oxygens (including phenoxy) is 1. The molecule has 4 aromatic rings. The zero-order valence-electron chi connectivity index (χ0n) is 17.8. The van der Waals surface area contributed by atoms with Crippen molar-refractivity contribution in [2.75, 3.05) is 0 Å². The van der Waals surface area contributed by atoms with Crippen molar-refractivity contribution in [2.45, 2.75) is 32.0 Å². The lowest BCUT2D eigenvalue weighted by molar-refractivity contribution is 0.306. The Morgan fingerprint density at radius 2 is 1.16 bits per heavy atom. The largest absolute Gasteiger partial charge is 0.489 e. The van der Waals surface area contributed by atoms with Crippen molar-refractivity contribution >= 4 is 0 Å². The molecule has 0 aliphatic heterocycles. The Hall–Kier alpha value is -3.36. The standard InChI is InChI=1S/C29H29NO/c1-4-10-24(11-5-1)18-21-29(27-14-8-3-9-15-27)30-22-25-16-19-28(20-17-25)31-23-26-12-6-2-7-13-26/h1-17,19-20,29-30H,18,21-23H2. The second-order valence-electron chi connectivity index (χ2n) is 7.79. The van der Waals surface area contributed by atoms with Gasteiger partial charge in [-0.05, 0) is 47.2 Å². The first-order chi connectivity index (χ1) is 15.4. The first-order valence-electron chi connectivity index (χ1n) is 10.9. The maximum Gasteiger partial charge on any atom is 0.119 e. The number of rotatable bonds is 10. The summed E-state index contributed by atoms with van der Waals surface area (Å²) in [6.07, 6.45) is 2.12. The Morgan fingerprint density at radius 1 is 0.581 bits per heavy atom. The Bertz CT molecular complexity index is 1010. The van der Waals surface area contributed by atoms with Crippen LogP contribution in [0.1, 0.15) is 34.7 Å². The summed E-state index contributed by atoms with van der Waals surface area (Å²) >= 11 is 0. The van der Waals surface area contributed by atoms with Crippen molar-refractivity contribution in [3.8, 4) is 5.75 Å². The Morgan fingerprint density at radius 3 is 1.81 bits per heavy atom. The second kappa shape index (κ2) is 11.1. The average molecular weight is 408 g/mol. The van der Waals surface area contributed by atoms with Crippen LogP contribution in [0.2, 0.25) is 0 Å². The number of benzene rings is 4. The summed E-state index contributed by atoms with van der Waals surface area (Å²) in [7, 11) is 0. The van der Waals surface area contributed by atoms with Crippen LogP contribution in [0, 0.1) is 0 Å². The SMILES string of the molecule is c1ccc(CCC(NCc2ccc(OCc3ccccc3)cc2)c2ccccc2)cc1. The van der Waals surface area contributed by atoms with Crippen LogP contribution in [0.25, 0.3) is 0 Å². The van der Waals surface area contributed by atoms with Gasteiger partial charge in [-0.15, -0.1) is 0 Å². The lowest BCUT2D eigenvalue weighted by Gasteiger charge is -2.20. The average Bonchev–Trinajstić information content (AvgIpc) is 2.85. The lowest BCUT2D eigenvalue weighted by Crippen LogP contribution is -2.21. The van der Waals surface area contributed by atoms with E-state index >= 15 is 0 Å². The molecule has 31 heavy (non-hydrogen) atoms. The van der Waals surface area contributed by atoms with E-state index in [1.807, 2.05) is 18.2 Å². The van der Waals surface area contributed by atoms with Crippen LogP contribution in [-0.4, -0.2) is 0 Å². The van der Waals surface area contributed by atoms with Crippen LogP contribution < -0.4 is 10.1 Å². The molecule has 0 saturated heterocycles. The molecule has 1 N–H and O–H groups in total. The molecule has 2 heteroatoms. The van der Waals surface area contributed by atoms with Gasteiger partial charge < -0.3 is 10.1 Å². The molecule has 4 aromatic carbocycles. The topological polar surface area (TPSA) is 21.3 Å². The molecule has 0 saturated carbocycles. The van der Waals surface area contributed by atoms with Gasteiger partial charge in [-0.25, -0.2) is 0 Å². The summed E-state index contributed by atoms with van der Waals surface area (Å²) in [5.74, 6) is 0.899. The van der Waals surface area contributed by atoms with Crippen LogP contribution in [0.3, 0.4) is 0 Å². The summed E-state index contributed by atoms with van der Waals surface area (Å²) in [5.41, 5.74) is 5.15. The van der Waals surface area contributed by atoms with Gasteiger partial charge in [0, 0.05) is 12.6 Å². The van der Waals surface area contributed by atoms with E-state index in [9.17, 15) is 0 Å². The minimum absolute atomic E-state index is 0.315. The summed E-state index contributed by atoms with van der Waals surface area (Å²) < 4.78 is 5.91. The van der Waals surface area contributed by atoms with Crippen LogP contribution in [0.5, 0.6) is 5.75 Å². The van der Waals surface area contributed by atoms with E-state index in [0.29, 0.717) is 12.6 Å². The highest BCUT2D eigenvalue weighted by molar-refractivity contribution is 5.28. The van der Waals surface area contributed by atoms with Gasteiger partial charge in [0.25, 0.3) is 0 Å². The van der Waals surface area contributed by atoms with Crippen molar-refractivity contribution in [1.29, 1.82) is 0 Å². The quantitative estimate of drug-likeness (QED) is 0.315. The van der Waals surface area contributed by atoms with Gasteiger partial charge in [0.2, 0.25) is 0 Å². The molecule has 0 fully saturated rings. The molecular formula is C29H29NO. The molecule has 0 aromatic heterocycles. The molecule has 0 heterocycles. The Balaban J connectivity index is 1.34. The first kappa shape index (κ1) is 20.9. The van der Waals surface area contributed by atoms with Crippen molar-refractivity contribution in [1.82, 2.24) is 5.32 Å². The molecule has 0 aliphatic rings. The van der Waals surface area contributed by atoms with Crippen LogP contribution in [0.4, 0.5) is 0 Å². The summed E-state index contributed by atoms with van der Waals surface area (Å²) in [6, 6.07) is 40.4. The van der Waals surface area contributed by atoms with Gasteiger partial charge in [0.1, 0.15) is 12.4 Å². The van der Waals surface area contributed by atoms with Crippen LogP contribution in [0.15, 0.2) is 115 Å². The highest BCUT2D eigenvalue weighted by atomic mass is 16.5. The van der Waals surface area contributed by atoms with Gasteiger partial charge in [-0.2, -0.15) is 0 Å². The van der Waals surface area contributed by atoms with Gasteiger partial charge >= 0.3 is 0 Å². The lowest BCUT2D eigenvalue weighted by atomic mass is 9.98. The Kier molecular flexibility index (Phi) is 7.51. The van der Waals surface area contributed by atoms with Crippen LogP contribution >= 0.6 is 0 Å². The van der Waals surface area contributed by atoms with Gasteiger partial charge in [-0.1, -0.05) is 103 Å². The van der Waals surface area contributed by atoms with E-state index < -0.39 is 0 Å². The maximum atomic E-state index is 5.91. The summed E-state index contributed by atoms with van der Waals surface area (Å²) in [6.45, 7) is 1.42. The monoisotopic (exact) mass is 407 g/mol. The van der Waals surface area contributed by atoms with E-state index in [-0.39, 0.29) is 0 Å². The molecule has 1 atom stereocenters. The van der Waals surface area contributed by atoms with Crippen molar-refractivity contribution in [3.63, 3.8) is 0 Å². The predicted octanol–water partition coefficient (Wildman–Crippen LogP) is 6.73. The molecule has 0 bridgehead atoms. The highest BCUT2D eigenvalue weighted by Crippen LogP contribution is 2.21. The number of hydrogen-bond acceptors (Lipinski definition) is 2. The van der Waals surface area contributed by atoms with E-state index in [4.69, 9.17) is 4.74 Å². The molecule has 1 unspecified atom stereocenters. The molecule has 0 aliphatic carbocycles. The second-order valence-corrected chi connectivity index (χ2v) is 7.79. The molecule has 0 amide bonds. The number of aryl methyl sites for hydroxylation is 1. The van der Waals surface area contributed by atoms with Gasteiger partial charge in [-0.3, -0.25) is 0 Å². The van der Waals surface area contributed by atoms with Crippen molar-refractivity contribution in [2.24, 2.45) is 0 Å². The van der Waals surface area contributed by atoms with Crippen molar-refractivity contribution in [3.05, 3.63) is 138 Å². The molecule has 0 radical (unpaired) electrons. The fourth-order valence-electron chi connectivity index (χ4n) is 3.71. The fraction of sp³-hybridized carbons (Fsp3) is 0.172. The number of nitrogens with one attached hydrogen (secondary N) is 1. The highest BCUT2D eigenvalue weighted by Gasteiger charge is 2.11. The minimum atomic E-state index is 0.315. The van der Waals surface area contributed by atoms with E-state index in [2.05, 4.69) is 102 Å². The predicted molar refractivity (Wildman–Crippen MR) is 128 cm³/mol. The van der Waals surface area contributed by atoms with E-state index in [1.54, 1.807) is 0 Å². The zero-order valence-corrected chi connectivity index (χ0v) is 17.8. The zero-order chi connectivity index (χ0) is 21.1. The minimum Gasteiger partial charge on any atom is -0.489 e. The summed E-state index contributed by atoms with van der Waals surface area (Å²) in [4.78, 5) is 0. The third-order valence-electron chi connectivity index (χ3n) is 5.49. The van der Waals surface area contributed by atoms with Crippen LogP contribution in [-0.2, 0) is 19.6 Å². The molecule has 0 spiro atoms. The third kappa shape index (κ3) is 6.56. The Labute approximate surface area is 185 Å². The number of hydrogen-bond donors (Lipinski definition) is 1. The molecule has 4 rings (SSSR count). The van der Waals surface area contributed by atoms with Gasteiger partial charge in [0.05, 0.1) is 0 Å². The van der Waals surface area contributed by atoms with E-state index in [0.717, 1.165) is 25.1 Å². The molecule has 2 nitrogen and oxygen atoms in total. The fourth-order valence-corrected chi connectivity index (χ4v) is 3.71. The molecular weight excluding hydrogens is 378 g/mol. The van der Waals surface area contributed by atoms with Crippen molar-refractivity contribution < 1.29 is 4.74 Å². The molecule has 156 valence electrons. The maximum absolute atomic E-state index is 5.91. The third-order valence-corrected chi connectivity index (χ3v) is 5.49. The van der Waals surface area contributed by atoms with Gasteiger partial charge in [0.15, 0.2) is 0 Å². The normalized spacial score (nSPS) is 11.7.